The molecule has 0 spiro atoms. The van der Waals surface area contributed by atoms with Gasteiger partial charge in [-0.25, -0.2) is 12.8 Å². The normalized spacial score (nSPS) is 15.6. The highest BCUT2D eigenvalue weighted by Crippen LogP contribution is 2.33. The number of ether oxygens (including phenoxy) is 1. The Balaban J connectivity index is 1.58. The molecule has 31 heavy (non-hydrogen) atoms. The number of carbonyl (C=O) groups excluding carboxylic acids is 1. The predicted molar refractivity (Wildman–Crippen MR) is 104 cm³/mol. The Morgan fingerprint density at radius 1 is 1.06 bits per heavy atom. The van der Waals surface area contributed by atoms with Gasteiger partial charge < -0.3 is 10.1 Å². The second-order valence-electron chi connectivity index (χ2n) is 6.90. The van der Waals surface area contributed by atoms with Crippen molar-refractivity contribution in [1.82, 2.24) is 4.31 Å². The minimum absolute atomic E-state index is 0.0473. The van der Waals surface area contributed by atoms with Gasteiger partial charge in [0.25, 0.3) is 0 Å². The zero-order valence-electron chi connectivity index (χ0n) is 16.3. The van der Waals surface area contributed by atoms with Gasteiger partial charge in [0.05, 0.1) is 23.7 Å². The van der Waals surface area contributed by atoms with Crippen molar-refractivity contribution in [3.05, 3.63) is 59.4 Å². The van der Waals surface area contributed by atoms with Crippen LogP contribution in [0.15, 0.2) is 47.4 Å². The van der Waals surface area contributed by atoms with E-state index in [1.165, 1.54) is 16.4 Å². The van der Waals surface area contributed by atoms with E-state index in [0.29, 0.717) is 30.9 Å². The summed E-state index contributed by atoms with van der Waals surface area (Å²) in [7, 11) is -3.62. The lowest BCUT2D eigenvalue weighted by Crippen LogP contribution is -2.40. The fourth-order valence-electron chi connectivity index (χ4n) is 3.07. The molecule has 0 aliphatic carbocycles. The molecule has 0 aromatic heterocycles. The molecule has 0 atom stereocenters. The van der Waals surface area contributed by atoms with Crippen LogP contribution in [-0.2, 0) is 32.2 Å². The molecule has 1 aliphatic heterocycles. The van der Waals surface area contributed by atoms with E-state index in [4.69, 9.17) is 4.74 Å². The van der Waals surface area contributed by atoms with Crippen LogP contribution in [0.4, 0.5) is 23.2 Å². The number of halogens is 4. The van der Waals surface area contributed by atoms with Crippen molar-refractivity contribution < 1.29 is 35.5 Å². The smallest absolute Gasteiger partial charge is 0.379 e. The van der Waals surface area contributed by atoms with Crippen LogP contribution in [0, 0.1) is 5.82 Å². The number of nitrogens with zero attached hydrogens (tertiary/aromatic N) is 1. The molecule has 1 fully saturated rings. The second-order valence-corrected chi connectivity index (χ2v) is 8.84. The van der Waals surface area contributed by atoms with Crippen LogP contribution < -0.4 is 5.32 Å². The fourth-order valence-corrected chi connectivity index (χ4v) is 4.47. The zero-order valence-corrected chi connectivity index (χ0v) is 17.1. The Labute approximate surface area is 176 Å². The third-order valence-electron chi connectivity index (χ3n) is 4.73. The SMILES string of the molecule is O=C(CCc1ccc(S(=O)(=O)N2CCOCC2)cc1)Nc1ccc(F)c(C(F)(F)F)c1. The molecule has 1 N–H and O–H groups in total. The molecule has 1 saturated heterocycles. The van der Waals surface area contributed by atoms with E-state index in [1.54, 1.807) is 12.1 Å². The molecular weight excluding hydrogens is 440 g/mol. The van der Waals surface area contributed by atoms with Gasteiger partial charge in [-0.2, -0.15) is 17.5 Å². The summed E-state index contributed by atoms with van der Waals surface area (Å²) in [6.07, 6.45) is -4.67. The molecule has 6 nitrogen and oxygen atoms in total. The lowest BCUT2D eigenvalue weighted by atomic mass is 10.1. The number of morpholine rings is 1. The van der Waals surface area contributed by atoms with Crippen molar-refractivity contribution in [3.63, 3.8) is 0 Å². The molecule has 0 bridgehead atoms. The summed E-state index contributed by atoms with van der Waals surface area (Å²) in [5, 5.41) is 2.31. The van der Waals surface area contributed by atoms with Gasteiger partial charge in [0.2, 0.25) is 15.9 Å². The maximum Gasteiger partial charge on any atom is 0.419 e. The van der Waals surface area contributed by atoms with E-state index in [-0.39, 0.29) is 36.5 Å². The molecule has 168 valence electrons. The quantitative estimate of drug-likeness (QED) is 0.671. The summed E-state index contributed by atoms with van der Waals surface area (Å²) < 4.78 is 83.3. The van der Waals surface area contributed by atoms with Crippen molar-refractivity contribution >= 4 is 21.6 Å². The van der Waals surface area contributed by atoms with Crippen molar-refractivity contribution in [2.45, 2.75) is 23.9 Å². The van der Waals surface area contributed by atoms with Crippen molar-refractivity contribution in [2.24, 2.45) is 0 Å². The molecule has 1 amide bonds. The van der Waals surface area contributed by atoms with Crippen molar-refractivity contribution in [1.29, 1.82) is 0 Å². The Morgan fingerprint density at radius 2 is 1.71 bits per heavy atom. The number of amides is 1. The van der Waals surface area contributed by atoms with Gasteiger partial charge in [0, 0.05) is 25.2 Å². The largest absolute Gasteiger partial charge is 0.419 e. The molecule has 2 aromatic rings. The highest BCUT2D eigenvalue weighted by Gasteiger charge is 2.34. The molecular formula is C20H20F4N2O4S. The number of hydrogen-bond donors (Lipinski definition) is 1. The summed E-state index contributed by atoms with van der Waals surface area (Å²) in [5.74, 6) is -1.97. The first-order valence-electron chi connectivity index (χ1n) is 9.41. The van der Waals surface area contributed by atoms with Gasteiger partial charge in [0.1, 0.15) is 5.82 Å². The summed E-state index contributed by atoms with van der Waals surface area (Å²) in [5.41, 5.74) is -0.931. The molecule has 1 aliphatic rings. The van der Waals surface area contributed by atoms with Crippen LogP contribution in [0.2, 0.25) is 0 Å². The number of alkyl halides is 3. The lowest BCUT2D eigenvalue weighted by molar-refractivity contribution is -0.140. The van der Waals surface area contributed by atoms with Crippen LogP contribution in [0.1, 0.15) is 17.5 Å². The molecule has 0 radical (unpaired) electrons. The van der Waals surface area contributed by atoms with Gasteiger partial charge >= 0.3 is 6.18 Å². The van der Waals surface area contributed by atoms with Gasteiger partial charge in [-0.3, -0.25) is 4.79 Å². The number of rotatable bonds is 6. The first kappa shape index (κ1) is 23.2. The summed E-state index contributed by atoms with van der Waals surface area (Å²) >= 11 is 0. The van der Waals surface area contributed by atoms with Gasteiger partial charge in [-0.15, -0.1) is 0 Å². The number of carbonyl (C=O) groups is 1. The van der Waals surface area contributed by atoms with E-state index in [9.17, 15) is 30.8 Å². The maximum absolute atomic E-state index is 13.3. The van der Waals surface area contributed by atoms with E-state index in [1.807, 2.05) is 0 Å². The first-order valence-corrected chi connectivity index (χ1v) is 10.8. The maximum atomic E-state index is 13.3. The summed E-state index contributed by atoms with van der Waals surface area (Å²) in [6.45, 7) is 1.24. The van der Waals surface area contributed by atoms with Crippen LogP contribution >= 0.6 is 0 Å². The Morgan fingerprint density at radius 3 is 2.32 bits per heavy atom. The molecule has 0 saturated carbocycles. The zero-order chi connectivity index (χ0) is 22.6. The van der Waals surface area contributed by atoms with E-state index >= 15 is 0 Å². The number of hydrogen-bond acceptors (Lipinski definition) is 4. The minimum atomic E-state index is -4.87. The lowest BCUT2D eigenvalue weighted by Gasteiger charge is -2.26. The molecule has 11 heteroatoms. The number of anilines is 1. The third kappa shape index (κ3) is 5.81. The Hall–Kier alpha value is -2.50. The van der Waals surface area contributed by atoms with E-state index in [0.717, 1.165) is 6.07 Å². The topological polar surface area (TPSA) is 75.7 Å². The Kier molecular flexibility index (Phi) is 6.97. The van der Waals surface area contributed by atoms with E-state index in [2.05, 4.69) is 5.32 Å². The summed E-state index contributed by atoms with van der Waals surface area (Å²) in [6, 6.07) is 8.31. The molecule has 1 heterocycles. The molecule has 3 rings (SSSR count). The Bertz CT molecular complexity index is 1030. The minimum Gasteiger partial charge on any atom is -0.379 e. The predicted octanol–water partition coefficient (Wildman–Crippen LogP) is 3.44. The number of sulfonamides is 1. The number of aryl methyl sites for hydroxylation is 1. The van der Waals surface area contributed by atoms with Crippen LogP contribution in [0.3, 0.4) is 0 Å². The van der Waals surface area contributed by atoms with Crippen LogP contribution in [-0.4, -0.2) is 44.9 Å². The first-order chi connectivity index (χ1) is 14.6. The second kappa shape index (κ2) is 9.33. The monoisotopic (exact) mass is 460 g/mol. The van der Waals surface area contributed by atoms with Crippen molar-refractivity contribution in [2.75, 3.05) is 31.6 Å². The van der Waals surface area contributed by atoms with Crippen LogP contribution in [0.25, 0.3) is 0 Å². The molecule has 0 unspecified atom stereocenters. The number of nitrogens with one attached hydrogen (secondary N) is 1. The number of benzene rings is 2. The molecule has 2 aromatic carbocycles. The summed E-state index contributed by atoms with van der Waals surface area (Å²) in [4.78, 5) is 12.2. The fraction of sp³-hybridized carbons (Fsp3) is 0.350. The van der Waals surface area contributed by atoms with E-state index < -0.39 is 33.5 Å². The van der Waals surface area contributed by atoms with Gasteiger partial charge in [-0.1, -0.05) is 12.1 Å². The average molecular weight is 460 g/mol. The highest BCUT2D eigenvalue weighted by molar-refractivity contribution is 7.89. The van der Waals surface area contributed by atoms with Gasteiger partial charge in [-0.05, 0) is 42.3 Å². The van der Waals surface area contributed by atoms with Crippen LogP contribution in [0.5, 0.6) is 0 Å². The standard InChI is InChI=1S/C20H20F4N2O4S/c21-18-7-4-15(13-17(18)20(22,23)24)25-19(27)8-3-14-1-5-16(6-2-14)31(28,29)26-9-11-30-12-10-26/h1-2,4-7,13H,3,8-12H2,(H,25,27). The van der Waals surface area contributed by atoms with Gasteiger partial charge in [0.15, 0.2) is 0 Å². The van der Waals surface area contributed by atoms with Crippen molar-refractivity contribution in [3.8, 4) is 0 Å². The average Bonchev–Trinajstić information content (AvgIpc) is 2.74. The third-order valence-corrected chi connectivity index (χ3v) is 6.64. The highest BCUT2D eigenvalue weighted by atomic mass is 32.2.